The van der Waals surface area contributed by atoms with E-state index < -0.39 is 6.04 Å². The van der Waals surface area contributed by atoms with Crippen LogP contribution in [0.25, 0.3) is 0 Å². The Morgan fingerprint density at radius 1 is 1.42 bits per heavy atom. The lowest BCUT2D eigenvalue weighted by Gasteiger charge is -2.29. The standard InChI is InChI=1S/C15H26N2O2/c1-11-7-5-6-8-12(11)19-10-14(18)17-13(9-16)15(2,3)4/h11-13H,5-8,10H2,1-4H3,(H,17,18)/t11-,12-,13+/m1/s1. The van der Waals surface area contributed by atoms with Crippen molar-refractivity contribution >= 4 is 5.91 Å². The molecule has 3 atom stereocenters. The molecule has 19 heavy (non-hydrogen) atoms. The summed E-state index contributed by atoms with van der Waals surface area (Å²) in [6, 6.07) is 1.65. The number of ether oxygens (including phenoxy) is 1. The van der Waals surface area contributed by atoms with Crippen LogP contribution in [0.3, 0.4) is 0 Å². The van der Waals surface area contributed by atoms with Gasteiger partial charge in [0.1, 0.15) is 12.6 Å². The second kappa shape index (κ2) is 6.91. The lowest BCUT2D eigenvalue weighted by atomic mass is 9.87. The van der Waals surface area contributed by atoms with Crippen molar-refractivity contribution in [3.63, 3.8) is 0 Å². The first-order valence-electron chi connectivity index (χ1n) is 7.15. The highest BCUT2D eigenvalue weighted by Crippen LogP contribution is 2.26. The van der Waals surface area contributed by atoms with Crippen molar-refractivity contribution < 1.29 is 9.53 Å². The summed E-state index contributed by atoms with van der Waals surface area (Å²) in [7, 11) is 0. The number of carbonyl (C=O) groups is 1. The Morgan fingerprint density at radius 3 is 2.58 bits per heavy atom. The van der Waals surface area contributed by atoms with E-state index in [0.29, 0.717) is 5.92 Å². The van der Waals surface area contributed by atoms with Gasteiger partial charge in [-0.1, -0.05) is 40.5 Å². The Kier molecular flexibility index (Phi) is 5.81. The molecule has 1 N–H and O–H groups in total. The third kappa shape index (κ3) is 5.20. The van der Waals surface area contributed by atoms with Crippen LogP contribution in [0, 0.1) is 22.7 Å². The van der Waals surface area contributed by atoms with Gasteiger partial charge in [-0.25, -0.2) is 0 Å². The van der Waals surface area contributed by atoms with Gasteiger partial charge in [0.25, 0.3) is 0 Å². The van der Waals surface area contributed by atoms with Gasteiger partial charge in [0, 0.05) is 0 Å². The normalized spacial score (nSPS) is 25.4. The third-order valence-electron chi connectivity index (χ3n) is 3.76. The molecule has 1 saturated carbocycles. The van der Waals surface area contributed by atoms with Crippen molar-refractivity contribution in [1.29, 1.82) is 5.26 Å². The highest BCUT2D eigenvalue weighted by Gasteiger charge is 2.27. The van der Waals surface area contributed by atoms with E-state index in [0.717, 1.165) is 6.42 Å². The van der Waals surface area contributed by atoms with Crippen molar-refractivity contribution in [3.05, 3.63) is 0 Å². The van der Waals surface area contributed by atoms with Gasteiger partial charge in [-0.3, -0.25) is 4.79 Å². The zero-order chi connectivity index (χ0) is 14.5. The molecule has 0 aliphatic heterocycles. The molecule has 0 aromatic heterocycles. The summed E-state index contributed by atoms with van der Waals surface area (Å²) >= 11 is 0. The summed E-state index contributed by atoms with van der Waals surface area (Å²) in [5.41, 5.74) is -0.261. The van der Waals surface area contributed by atoms with Gasteiger partial charge in [-0.05, 0) is 24.2 Å². The van der Waals surface area contributed by atoms with Crippen LogP contribution in [0.2, 0.25) is 0 Å². The number of carbonyl (C=O) groups excluding carboxylic acids is 1. The summed E-state index contributed by atoms with van der Waals surface area (Å²) in [6.45, 7) is 8.04. The molecule has 108 valence electrons. The van der Waals surface area contributed by atoms with Gasteiger partial charge in [-0.2, -0.15) is 5.26 Å². The molecule has 0 saturated heterocycles. The Hall–Kier alpha value is -1.08. The minimum Gasteiger partial charge on any atom is -0.368 e. The Labute approximate surface area is 116 Å². The molecule has 0 bridgehead atoms. The van der Waals surface area contributed by atoms with E-state index in [2.05, 4.69) is 18.3 Å². The summed E-state index contributed by atoms with van der Waals surface area (Å²) < 4.78 is 5.69. The molecule has 1 fully saturated rings. The number of nitrogens with one attached hydrogen (secondary N) is 1. The maximum absolute atomic E-state index is 11.8. The van der Waals surface area contributed by atoms with Crippen LogP contribution in [0.5, 0.6) is 0 Å². The highest BCUT2D eigenvalue weighted by molar-refractivity contribution is 5.78. The van der Waals surface area contributed by atoms with Gasteiger partial charge in [-0.15, -0.1) is 0 Å². The summed E-state index contributed by atoms with van der Waals surface area (Å²) in [5.74, 6) is 0.329. The van der Waals surface area contributed by atoms with Crippen molar-refractivity contribution in [2.75, 3.05) is 6.61 Å². The molecule has 0 heterocycles. The van der Waals surface area contributed by atoms with E-state index in [4.69, 9.17) is 10.00 Å². The van der Waals surface area contributed by atoms with Crippen LogP contribution < -0.4 is 5.32 Å². The van der Waals surface area contributed by atoms with E-state index in [1.807, 2.05) is 20.8 Å². The molecule has 4 nitrogen and oxygen atoms in total. The molecule has 1 amide bonds. The molecule has 4 heteroatoms. The molecular weight excluding hydrogens is 240 g/mol. The Bertz CT molecular complexity index is 341. The van der Waals surface area contributed by atoms with Crippen molar-refractivity contribution in [2.24, 2.45) is 11.3 Å². The fourth-order valence-electron chi connectivity index (χ4n) is 2.36. The van der Waals surface area contributed by atoms with Gasteiger partial charge in [0.05, 0.1) is 12.2 Å². The van der Waals surface area contributed by atoms with Crippen molar-refractivity contribution in [1.82, 2.24) is 5.32 Å². The fraction of sp³-hybridized carbons (Fsp3) is 0.867. The molecule has 0 aromatic carbocycles. The molecule has 1 rings (SSSR count). The van der Waals surface area contributed by atoms with E-state index in [9.17, 15) is 4.79 Å². The average Bonchev–Trinajstić information content (AvgIpc) is 2.33. The fourth-order valence-corrected chi connectivity index (χ4v) is 2.36. The molecule has 1 aliphatic rings. The molecular formula is C15H26N2O2. The lowest BCUT2D eigenvalue weighted by Crippen LogP contribution is -2.44. The maximum atomic E-state index is 11.8. The number of nitriles is 1. The zero-order valence-electron chi connectivity index (χ0n) is 12.5. The predicted octanol–water partition coefficient (Wildman–Crippen LogP) is 2.64. The van der Waals surface area contributed by atoms with Crippen LogP contribution in [0.4, 0.5) is 0 Å². The van der Waals surface area contributed by atoms with Gasteiger partial charge in [0.2, 0.25) is 5.91 Å². The first kappa shape index (κ1) is 16.0. The Balaban J connectivity index is 2.37. The topological polar surface area (TPSA) is 62.1 Å². The largest absolute Gasteiger partial charge is 0.368 e. The number of rotatable bonds is 4. The minimum atomic E-state index is -0.479. The second-order valence-electron chi connectivity index (χ2n) is 6.61. The summed E-state index contributed by atoms with van der Waals surface area (Å²) in [4.78, 5) is 11.8. The minimum absolute atomic E-state index is 0.0588. The molecule has 1 aliphatic carbocycles. The van der Waals surface area contributed by atoms with Gasteiger partial charge < -0.3 is 10.1 Å². The molecule has 0 aromatic rings. The van der Waals surface area contributed by atoms with Gasteiger partial charge >= 0.3 is 0 Å². The first-order chi connectivity index (χ1) is 8.84. The van der Waals surface area contributed by atoms with E-state index >= 15 is 0 Å². The smallest absolute Gasteiger partial charge is 0.247 e. The SMILES string of the molecule is C[C@@H]1CCCC[C@H]1OCC(=O)N[C@@H](C#N)C(C)(C)C. The van der Waals surface area contributed by atoms with E-state index in [-0.39, 0.29) is 24.0 Å². The Morgan fingerprint density at radius 2 is 2.05 bits per heavy atom. The molecule has 0 spiro atoms. The van der Waals surface area contributed by atoms with Gasteiger partial charge in [0.15, 0.2) is 0 Å². The number of amides is 1. The van der Waals surface area contributed by atoms with Crippen molar-refractivity contribution in [3.8, 4) is 6.07 Å². The summed E-state index contributed by atoms with van der Waals surface area (Å²) in [5, 5.41) is 11.8. The lowest BCUT2D eigenvalue weighted by molar-refractivity contribution is -0.130. The van der Waals surface area contributed by atoms with Crippen LogP contribution in [0.15, 0.2) is 0 Å². The number of hydrogen-bond acceptors (Lipinski definition) is 3. The summed E-state index contributed by atoms with van der Waals surface area (Å²) in [6.07, 6.45) is 4.84. The zero-order valence-corrected chi connectivity index (χ0v) is 12.5. The second-order valence-corrected chi connectivity index (χ2v) is 6.61. The first-order valence-corrected chi connectivity index (χ1v) is 7.15. The number of nitrogens with zero attached hydrogens (tertiary/aromatic N) is 1. The van der Waals surface area contributed by atoms with Crippen LogP contribution >= 0.6 is 0 Å². The highest BCUT2D eigenvalue weighted by atomic mass is 16.5. The van der Waals surface area contributed by atoms with Crippen LogP contribution in [0.1, 0.15) is 53.4 Å². The van der Waals surface area contributed by atoms with E-state index in [1.165, 1.54) is 19.3 Å². The third-order valence-corrected chi connectivity index (χ3v) is 3.76. The van der Waals surface area contributed by atoms with Crippen molar-refractivity contribution in [2.45, 2.75) is 65.5 Å². The predicted molar refractivity (Wildman–Crippen MR) is 74.4 cm³/mol. The molecule has 0 unspecified atom stereocenters. The monoisotopic (exact) mass is 266 g/mol. The van der Waals surface area contributed by atoms with E-state index in [1.54, 1.807) is 0 Å². The maximum Gasteiger partial charge on any atom is 0.247 e. The average molecular weight is 266 g/mol. The van der Waals surface area contributed by atoms with Crippen LogP contribution in [-0.2, 0) is 9.53 Å². The molecule has 0 radical (unpaired) electrons. The quantitative estimate of drug-likeness (QED) is 0.851. The van der Waals surface area contributed by atoms with Crippen LogP contribution in [-0.4, -0.2) is 24.7 Å². The number of hydrogen-bond donors (Lipinski definition) is 1.